The average Bonchev–Trinajstić information content (AvgIpc) is 2.59. The summed E-state index contributed by atoms with van der Waals surface area (Å²) in [5, 5.41) is 9.42. The number of nitrogens with two attached hydrogens (primary N) is 1. The zero-order valence-electron chi connectivity index (χ0n) is 7.90. The Bertz CT molecular complexity index is 450. The normalized spacial score (nSPS) is 13.4. The molecule has 0 saturated carbocycles. The smallest absolute Gasteiger partial charge is 0.225 e. The van der Waals surface area contributed by atoms with E-state index in [0.29, 0.717) is 5.58 Å². The third-order valence-corrected chi connectivity index (χ3v) is 2.07. The summed E-state index contributed by atoms with van der Waals surface area (Å²) in [5.41, 5.74) is 7.85. The quantitative estimate of drug-likeness (QED) is 0.748. The van der Waals surface area contributed by atoms with Crippen LogP contribution in [0.2, 0.25) is 0 Å². The lowest BCUT2D eigenvalue weighted by molar-refractivity contribution is 0.154. The van der Waals surface area contributed by atoms with E-state index in [0.717, 1.165) is 11.1 Å². The summed E-state index contributed by atoms with van der Waals surface area (Å²) in [6, 6.07) is 5.68. The number of aromatic nitrogens is 1. The molecule has 14 heavy (non-hydrogen) atoms. The number of nitrogens with zero attached hydrogens (tertiary/aromatic N) is 1. The molecule has 0 bridgehead atoms. The van der Waals surface area contributed by atoms with E-state index in [4.69, 9.17) is 10.2 Å². The lowest BCUT2D eigenvalue weighted by Crippen LogP contribution is -2.11. The molecule has 1 aromatic carbocycles. The zero-order chi connectivity index (χ0) is 10.1. The van der Waals surface area contributed by atoms with Gasteiger partial charge in [-0.1, -0.05) is 6.07 Å². The summed E-state index contributed by atoms with van der Waals surface area (Å²) in [6.45, 7) is 2.10. The number of aliphatic hydroxyl groups excluding tert-OH is 1. The number of hydrogen-bond donors (Lipinski definition) is 2. The third kappa shape index (κ3) is 1.49. The fourth-order valence-electron chi connectivity index (χ4n) is 1.30. The van der Waals surface area contributed by atoms with Gasteiger partial charge in [0.05, 0.1) is 0 Å². The van der Waals surface area contributed by atoms with E-state index >= 15 is 0 Å². The lowest BCUT2D eigenvalue weighted by Gasteiger charge is -1.99. The van der Waals surface area contributed by atoms with Gasteiger partial charge in [0.15, 0.2) is 5.58 Å². The Morgan fingerprint density at radius 3 is 3.07 bits per heavy atom. The summed E-state index contributed by atoms with van der Waals surface area (Å²) < 4.78 is 5.33. The van der Waals surface area contributed by atoms with Crippen molar-refractivity contribution >= 4 is 11.1 Å². The van der Waals surface area contributed by atoms with E-state index in [1.54, 1.807) is 0 Å². The molecule has 1 unspecified atom stereocenters. The van der Waals surface area contributed by atoms with E-state index in [2.05, 4.69) is 4.98 Å². The van der Waals surface area contributed by atoms with Gasteiger partial charge < -0.3 is 15.3 Å². The van der Waals surface area contributed by atoms with Crippen molar-refractivity contribution in [3.8, 4) is 0 Å². The minimum atomic E-state index is -0.817. The highest BCUT2D eigenvalue weighted by atomic mass is 16.4. The van der Waals surface area contributed by atoms with Crippen molar-refractivity contribution in [3.05, 3.63) is 29.7 Å². The Balaban J connectivity index is 2.51. The Kier molecular flexibility index (Phi) is 2.23. The minimum absolute atomic E-state index is 0.117. The molecule has 0 radical (unpaired) electrons. The first kappa shape index (κ1) is 9.18. The van der Waals surface area contributed by atoms with Gasteiger partial charge in [-0.3, -0.25) is 0 Å². The van der Waals surface area contributed by atoms with Crippen LogP contribution in [0.3, 0.4) is 0 Å². The average molecular weight is 192 g/mol. The monoisotopic (exact) mass is 192 g/mol. The number of rotatable bonds is 2. The highest BCUT2D eigenvalue weighted by Crippen LogP contribution is 2.20. The van der Waals surface area contributed by atoms with Crippen LogP contribution in [0.4, 0.5) is 0 Å². The van der Waals surface area contributed by atoms with Crippen LogP contribution in [0.5, 0.6) is 0 Å². The number of aryl methyl sites for hydroxylation is 1. The van der Waals surface area contributed by atoms with Crippen LogP contribution in [-0.2, 0) is 0 Å². The topological polar surface area (TPSA) is 72.3 Å². The zero-order valence-corrected chi connectivity index (χ0v) is 7.90. The molecule has 0 saturated heterocycles. The Labute approximate surface area is 81.4 Å². The molecule has 1 aromatic heterocycles. The molecule has 1 heterocycles. The Morgan fingerprint density at radius 1 is 1.57 bits per heavy atom. The molecule has 4 heteroatoms. The largest absolute Gasteiger partial charge is 0.438 e. The third-order valence-electron chi connectivity index (χ3n) is 2.07. The van der Waals surface area contributed by atoms with Crippen LogP contribution in [0.25, 0.3) is 11.1 Å². The number of benzene rings is 1. The molecule has 74 valence electrons. The second-order valence-electron chi connectivity index (χ2n) is 3.27. The van der Waals surface area contributed by atoms with Gasteiger partial charge in [0.2, 0.25) is 5.89 Å². The summed E-state index contributed by atoms with van der Waals surface area (Å²) in [4.78, 5) is 4.15. The lowest BCUT2D eigenvalue weighted by atomic mass is 10.2. The molecular weight excluding hydrogens is 180 g/mol. The van der Waals surface area contributed by atoms with Gasteiger partial charge in [0, 0.05) is 6.54 Å². The number of aliphatic hydroxyl groups is 1. The maximum atomic E-state index is 9.42. The fraction of sp³-hybridized carbons (Fsp3) is 0.300. The van der Waals surface area contributed by atoms with Crippen LogP contribution >= 0.6 is 0 Å². The van der Waals surface area contributed by atoms with Gasteiger partial charge in [-0.25, -0.2) is 4.98 Å². The van der Waals surface area contributed by atoms with Crippen molar-refractivity contribution < 1.29 is 9.52 Å². The van der Waals surface area contributed by atoms with Gasteiger partial charge in [-0.15, -0.1) is 0 Å². The van der Waals surface area contributed by atoms with E-state index < -0.39 is 6.10 Å². The van der Waals surface area contributed by atoms with Crippen molar-refractivity contribution in [2.24, 2.45) is 5.73 Å². The first-order chi connectivity index (χ1) is 6.70. The van der Waals surface area contributed by atoms with Crippen LogP contribution in [0.1, 0.15) is 17.6 Å². The molecule has 0 fully saturated rings. The molecular formula is C10H12N2O2. The number of hydrogen-bond acceptors (Lipinski definition) is 4. The van der Waals surface area contributed by atoms with Crippen molar-refractivity contribution in [3.63, 3.8) is 0 Å². The van der Waals surface area contributed by atoms with Gasteiger partial charge >= 0.3 is 0 Å². The van der Waals surface area contributed by atoms with Crippen molar-refractivity contribution in [2.75, 3.05) is 6.54 Å². The summed E-state index contributed by atoms with van der Waals surface area (Å²) in [7, 11) is 0. The maximum absolute atomic E-state index is 9.42. The first-order valence-corrected chi connectivity index (χ1v) is 4.46. The highest BCUT2D eigenvalue weighted by molar-refractivity contribution is 5.73. The second-order valence-corrected chi connectivity index (χ2v) is 3.27. The van der Waals surface area contributed by atoms with Gasteiger partial charge in [-0.2, -0.15) is 0 Å². The van der Waals surface area contributed by atoms with Crippen molar-refractivity contribution in [2.45, 2.75) is 13.0 Å². The first-order valence-electron chi connectivity index (χ1n) is 4.46. The molecule has 0 spiro atoms. The van der Waals surface area contributed by atoms with Crippen LogP contribution in [-0.4, -0.2) is 16.6 Å². The number of fused-ring (bicyclic) bond motifs is 1. The highest BCUT2D eigenvalue weighted by Gasteiger charge is 2.13. The van der Waals surface area contributed by atoms with E-state index in [1.807, 2.05) is 25.1 Å². The van der Waals surface area contributed by atoms with E-state index in [9.17, 15) is 5.11 Å². The van der Waals surface area contributed by atoms with E-state index in [1.165, 1.54) is 0 Å². The molecule has 0 aliphatic heterocycles. The van der Waals surface area contributed by atoms with Crippen molar-refractivity contribution in [1.82, 2.24) is 4.98 Å². The number of oxazole rings is 1. The standard InChI is InChI=1S/C10H12N2O2/c1-6-2-3-9-7(4-6)12-10(14-9)8(13)5-11/h2-4,8,13H,5,11H2,1H3. The Morgan fingerprint density at radius 2 is 2.36 bits per heavy atom. The van der Waals surface area contributed by atoms with Gasteiger partial charge in [0.25, 0.3) is 0 Å². The SMILES string of the molecule is Cc1ccc2oc(C(O)CN)nc2c1. The Hall–Kier alpha value is -1.39. The summed E-state index contributed by atoms with van der Waals surface area (Å²) in [6.07, 6.45) is -0.817. The minimum Gasteiger partial charge on any atom is -0.438 e. The molecule has 3 N–H and O–H groups in total. The fourth-order valence-corrected chi connectivity index (χ4v) is 1.30. The predicted molar refractivity (Wildman–Crippen MR) is 52.8 cm³/mol. The van der Waals surface area contributed by atoms with Gasteiger partial charge in [0.1, 0.15) is 11.6 Å². The molecule has 2 aromatic rings. The summed E-state index contributed by atoms with van der Waals surface area (Å²) >= 11 is 0. The molecule has 1 atom stereocenters. The molecule has 0 aliphatic rings. The van der Waals surface area contributed by atoms with Gasteiger partial charge in [-0.05, 0) is 24.6 Å². The second kappa shape index (κ2) is 3.40. The molecule has 0 amide bonds. The summed E-state index contributed by atoms with van der Waals surface area (Å²) in [5.74, 6) is 0.285. The molecule has 0 aliphatic carbocycles. The van der Waals surface area contributed by atoms with Crippen LogP contribution in [0, 0.1) is 6.92 Å². The van der Waals surface area contributed by atoms with Crippen molar-refractivity contribution in [1.29, 1.82) is 0 Å². The van der Waals surface area contributed by atoms with Crippen LogP contribution in [0.15, 0.2) is 22.6 Å². The molecule has 2 rings (SSSR count). The maximum Gasteiger partial charge on any atom is 0.225 e. The molecule has 4 nitrogen and oxygen atoms in total. The predicted octanol–water partition coefficient (Wildman–Crippen LogP) is 1.13. The van der Waals surface area contributed by atoms with E-state index in [-0.39, 0.29) is 12.4 Å². The van der Waals surface area contributed by atoms with Crippen LogP contribution < -0.4 is 5.73 Å².